The molecule has 0 unspecified atom stereocenters. The molecular formula is C12H12N6. The van der Waals surface area contributed by atoms with Crippen LogP contribution in [0.5, 0.6) is 0 Å². The minimum absolute atomic E-state index is 0.158. The molecular weight excluding hydrogens is 228 g/mol. The Morgan fingerprint density at radius 3 is 2.67 bits per heavy atom. The molecule has 1 aromatic carbocycles. The highest BCUT2D eigenvalue weighted by molar-refractivity contribution is 5.60. The van der Waals surface area contributed by atoms with E-state index >= 15 is 0 Å². The summed E-state index contributed by atoms with van der Waals surface area (Å²) in [5.74, 6) is 1.11. The Morgan fingerprint density at radius 2 is 2.00 bits per heavy atom. The third kappa shape index (κ3) is 2.35. The molecule has 0 fully saturated rings. The molecule has 0 radical (unpaired) electrons. The first-order chi connectivity index (χ1) is 8.60. The SMILES string of the molecule is CN(C)c1nc(N)nc(-c2cccc(C#N)c2)n1. The van der Waals surface area contributed by atoms with Gasteiger partial charge in [0.2, 0.25) is 11.9 Å². The van der Waals surface area contributed by atoms with Crippen LogP contribution >= 0.6 is 0 Å². The zero-order chi connectivity index (χ0) is 13.1. The first kappa shape index (κ1) is 11.8. The molecule has 90 valence electrons. The number of nitrogens with zero attached hydrogens (tertiary/aromatic N) is 5. The van der Waals surface area contributed by atoms with E-state index in [1.54, 1.807) is 23.1 Å². The smallest absolute Gasteiger partial charge is 0.230 e. The fourth-order valence-electron chi connectivity index (χ4n) is 1.44. The Labute approximate surface area is 105 Å². The van der Waals surface area contributed by atoms with Gasteiger partial charge in [0.1, 0.15) is 0 Å². The number of nitrogens with two attached hydrogens (primary N) is 1. The minimum Gasteiger partial charge on any atom is -0.368 e. The Morgan fingerprint density at radius 1 is 1.22 bits per heavy atom. The van der Waals surface area contributed by atoms with E-state index in [0.29, 0.717) is 17.3 Å². The molecule has 2 N–H and O–H groups in total. The highest BCUT2D eigenvalue weighted by Gasteiger charge is 2.08. The predicted molar refractivity (Wildman–Crippen MR) is 68.7 cm³/mol. The maximum atomic E-state index is 8.87. The lowest BCUT2D eigenvalue weighted by Crippen LogP contribution is -2.15. The number of rotatable bonds is 2. The Bertz CT molecular complexity index is 614. The second-order valence-electron chi connectivity index (χ2n) is 3.90. The first-order valence-corrected chi connectivity index (χ1v) is 5.29. The van der Waals surface area contributed by atoms with Crippen molar-refractivity contribution in [2.75, 3.05) is 24.7 Å². The van der Waals surface area contributed by atoms with E-state index in [4.69, 9.17) is 11.0 Å². The summed E-state index contributed by atoms with van der Waals surface area (Å²) in [4.78, 5) is 14.1. The largest absolute Gasteiger partial charge is 0.368 e. The van der Waals surface area contributed by atoms with Crippen LogP contribution in [0.1, 0.15) is 5.56 Å². The van der Waals surface area contributed by atoms with Crippen LogP contribution in [0.2, 0.25) is 0 Å². The first-order valence-electron chi connectivity index (χ1n) is 5.29. The summed E-state index contributed by atoms with van der Waals surface area (Å²) in [5, 5.41) is 8.87. The van der Waals surface area contributed by atoms with Crippen LogP contribution < -0.4 is 10.6 Å². The second kappa shape index (κ2) is 4.67. The third-order valence-corrected chi connectivity index (χ3v) is 2.29. The lowest BCUT2D eigenvalue weighted by Gasteiger charge is -2.11. The molecule has 0 aliphatic carbocycles. The Balaban J connectivity index is 2.53. The number of hydrogen-bond acceptors (Lipinski definition) is 6. The summed E-state index contributed by atoms with van der Waals surface area (Å²) in [6.07, 6.45) is 0. The quantitative estimate of drug-likeness (QED) is 0.843. The molecule has 2 rings (SSSR count). The average Bonchev–Trinajstić information content (AvgIpc) is 2.38. The fraction of sp³-hybridized carbons (Fsp3) is 0.167. The number of anilines is 2. The van der Waals surface area contributed by atoms with Gasteiger partial charge in [0, 0.05) is 19.7 Å². The molecule has 0 amide bonds. The molecule has 0 saturated heterocycles. The fourth-order valence-corrected chi connectivity index (χ4v) is 1.44. The van der Waals surface area contributed by atoms with Crippen LogP contribution in [0.4, 0.5) is 11.9 Å². The molecule has 0 bridgehead atoms. The number of benzene rings is 1. The van der Waals surface area contributed by atoms with Crippen LogP contribution in [-0.4, -0.2) is 29.0 Å². The van der Waals surface area contributed by atoms with Crippen molar-refractivity contribution in [2.45, 2.75) is 0 Å². The van der Waals surface area contributed by atoms with E-state index in [-0.39, 0.29) is 5.95 Å². The van der Waals surface area contributed by atoms with Crippen molar-refractivity contribution in [3.05, 3.63) is 29.8 Å². The standard InChI is InChI=1S/C12H12N6/c1-18(2)12-16-10(15-11(14)17-12)9-5-3-4-8(6-9)7-13/h3-6H,1-2H3,(H2,14,15,16,17). The summed E-state index contributed by atoms with van der Waals surface area (Å²) < 4.78 is 0. The lowest BCUT2D eigenvalue weighted by molar-refractivity contribution is 0.970. The van der Waals surface area contributed by atoms with Crippen molar-refractivity contribution in [1.29, 1.82) is 5.26 Å². The summed E-state index contributed by atoms with van der Waals surface area (Å²) in [7, 11) is 3.65. The minimum atomic E-state index is 0.158. The number of hydrogen-bond donors (Lipinski definition) is 1. The molecule has 6 heteroatoms. The van der Waals surface area contributed by atoms with Gasteiger partial charge in [-0.25, -0.2) is 0 Å². The average molecular weight is 240 g/mol. The summed E-state index contributed by atoms with van der Waals surface area (Å²) in [6, 6.07) is 9.13. The highest BCUT2D eigenvalue weighted by Crippen LogP contribution is 2.18. The number of nitriles is 1. The zero-order valence-electron chi connectivity index (χ0n) is 10.1. The molecule has 0 aliphatic heterocycles. The van der Waals surface area contributed by atoms with Gasteiger partial charge in [0.15, 0.2) is 5.82 Å². The van der Waals surface area contributed by atoms with Gasteiger partial charge in [-0.05, 0) is 12.1 Å². The molecule has 6 nitrogen and oxygen atoms in total. The van der Waals surface area contributed by atoms with E-state index in [1.165, 1.54) is 0 Å². The van der Waals surface area contributed by atoms with Crippen molar-refractivity contribution < 1.29 is 0 Å². The monoisotopic (exact) mass is 240 g/mol. The van der Waals surface area contributed by atoms with Crippen LogP contribution in [0.15, 0.2) is 24.3 Å². The zero-order valence-corrected chi connectivity index (χ0v) is 10.1. The van der Waals surface area contributed by atoms with E-state index in [2.05, 4.69) is 21.0 Å². The van der Waals surface area contributed by atoms with E-state index in [0.717, 1.165) is 5.56 Å². The predicted octanol–water partition coefficient (Wildman–Crippen LogP) is 1.06. The Hall–Kier alpha value is -2.68. The molecule has 1 heterocycles. The molecule has 0 aliphatic rings. The highest BCUT2D eigenvalue weighted by atomic mass is 15.3. The number of nitrogen functional groups attached to an aromatic ring is 1. The van der Waals surface area contributed by atoms with Gasteiger partial charge in [0.25, 0.3) is 0 Å². The van der Waals surface area contributed by atoms with Crippen LogP contribution in [0.25, 0.3) is 11.4 Å². The van der Waals surface area contributed by atoms with Crippen molar-refractivity contribution in [2.24, 2.45) is 0 Å². The van der Waals surface area contributed by atoms with Crippen molar-refractivity contribution in [3.8, 4) is 17.5 Å². The topological polar surface area (TPSA) is 91.7 Å². The van der Waals surface area contributed by atoms with Gasteiger partial charge in [-0.3, -0.25) is 0 Å². The third-order valence-electron chi connectivity index (χ3n) is 2.29. The molecule has 1 aromatic heterocycles. The van der Waals surface area contributed by atoms with Crippen molar-refractivity contribution >= 4 is 11.9 Å². The van der Waals surface area contributed by atoms with Crippen molar-refractivity contribution in [3.63, 3.8) is 0 Å². The van der Waals surface area contributed by atoms with Gasteiger partial charge in [-0.15, -0.1) is 0 Å². The van der Waals surface area contributed by atoms with Gasteiger partial charge in [-0.2, -0.15) is 20.2 Å². The molecule has 0 atom stereocenters. The lowest BCUT2D eigenvalue weighted by atomic mass is 10.1. The van der Waals surface area contributed by atoms with Crippen LogP contribution in [-0.2, 0) is 0 Å². The molecule has 0 saturated carbocycles. The summed E-state index contributed by atoms with van der Waals surface area (Å²) in [6.45, 7) is 0. The van der Waals surface area contributed by atoms with E-state index in [9.17, 15) is 0 Å². The normalized spacial score (nSPS) is 9.83. The molecule has 2 aromatic rings. The van der Waals surface area contributed by atoms with Gasteiger partial charge in [0.05, 0.1) is 11.6 Å². The summed E-state index contributed by atoms with van der Waals surface area (Å²) >= 11 is 0. The van der Waals surface area contributed by atoms with Gasteiger partial charge >= 0.3 is 0 Å². The van der Waals surface area contributed by atoms with Crippen molar-refractivity contribution in [1.82, 2.24) is 15.0 Å². The van der Waals surface area contributed by atoms with Gasteiger partial charge in [-0.1, -0.05) is 12.1 Å². The van der Waals surface area contributed by atoms with Gasteiger partial charge < -0.3 is 10.6 Å². The second-order valence-corrected chi connectivity index (χ2v) is 3.90. The summed E-state index contributed by atoms with van der Waals surface area (Å²) in [5.41, 5.74) is 6.95. The number of aromatic nitrogens is 3. The van der Waals surface area contributed by atoms with Crippen LogP contribution in [0.3, 0.4) is 0 Å². The molecule has 0 spiro atoms. The van der Waals surface area contributed by atoms with E-state index < -0.39 is 0 Å². The van der Waals surface area contributed by atoms with E-state index in [1.807, 2.05) is 20.2 Å². The molecule has 18 heavy (non-hydrogen) atoms. The maximum Gasteiger partial charge on any atom is 0.230 e. The van der Waals surface area contributed by atoms with Crippen LogP contribution in [0, 0.1) is 11.3 Å². The Kier molecular flexibility index (Phi) is 3.06. The maximum absolute atomic E-state index is 8.87.